The molecule has 0 saturated heterocycles. The molecule has 4 nitrogen and oxygen atoms in total. The molecule has 0 unspecified atom stereocenters. The van der Waals surface area contributed by atoms with E-state index in [0.29, 0.717) is 0 Å². The van der Waals surface area contributed by atoms with Crippen LogP contribution in [-0.4, -0.2) is 34.5 Å². The molecule has 0 radical (unpaired) electrons. The van der Waals surface area contributed by atoms with E-state index in [-0.39, 0.29) is 11.6 Å². The van der Waals surface area contributed by atoms with Crippen LogP contribution in [0.1, 0.15) is 52.9 Å². The number of hydrogen-bond acceptors (Lipinski definition) is 3. The van der Waals surface area contributed by atoms with Crippen molar-refractivity contribution in [2.45, 2.75) is 64.5 Å². The normalized spacial score (nSPS) is 18.2. The van der Waals surface area contributed by atoms with Gasteiger partial charge in [0.2, 0.25) is 0 Å². The topological polar surface area (TPSA) is 49.8 Å². The molecule has 94 valence electrons. The van der Waals surface area contributed by atoms with Gasteiger partial charge in [0.15, 0.2) is 6.79 Å². The number of carbonyl (C=O) groups excluding carboxylic acids is 1. The van der Waals surface area contributed by atoms with Crippen LogP contribution in [-0.2, 0) is 4.74 Å². The van der Waals surface area contributed by atoms with Crippen molar-refractivity contribution in [3.63, 3.8) is 0 Å². The second-order valence-electron chi connectivity index (χ2n) is 5.37. The van der Waals surface area contributed by atoms with Crippen LogP contribution in [0.15, 0.2) is 0 Å². The summed E-state index contributed by atoms with van der Waals surface area (Å²) in [6, 6.07) is 0.257. The van der Waals surface area contributed by atoms with Crippen LogP contribution >= 0.6 is 0 Å². The average molecular weight is 229 g/mol. The Morgan fingerprint density at radius 3 is 2.31 bits per heavy atom. The van der Waals surface area contributed by atoms with Gasteiger partial charge in [-0.1, -0.05) is 19.3 Å². The molecule has 0 aromatic rings. The second kappa shape index (κ2) is 5.53. The molecule has 1 N–H and O–H groups in total. The van der Waals surface area contributed by atoms with Crippen molar-refractivity contribution in [1.29, 1.82) is 0 Å². The van der Waals surface area contributed by atoms with Crippen molar-refractivity contribution in [3.8, 4) is 0 Å². The average Bonchev–Trinajstić information content (AvgIpc) is 2.17. The van der Waals surface area contributed by atoms with Crippen molar-refractivity contribution < 1.29 is 14.6 Å². The van der Waals surface area contributed by atoms with E-state index in [1.54, 1.807) is 4.90 Å². The zero-order chi connectivity index (χ0) is 12.2. The molecule has 0 bridgehead atoms. The molecule has 0 heterocycles. The number of aliphatic hydroxyl groups excluding tert-OH is 1. The molecule has 1 rings (SSSR count). The molecule has 1 saturated carbocycles. The lowest BCUT2D eigenvalue weighted by molar-refractivity contribution is -0.0109. The molecule has 1 amide bonds. The maximum Gasteiger partial charge on any atom is 0.412 e. The molecule has 0 spiro atoms. The summed E-state index contributed by atoms with van der Waals surface area (Å²) in [4.78, 5) is 13.6. The van der Waals surface area contributed by atoms with Crippen molar-refractivity contribution in [2.24, 2.45) is 0 Å². The van der Waals surface area contributed by atoms with Gasteiger partial charge in [-0.3, -0.25) is 0 Å². The van der Waals surface area contributed by atoms with Crippen LogP contribution in [0.4, 0.5) is 4.79 Å². The van der Waals surface area contributed by atoms with Crippen LogP contribution in [0.2, 0.25) is 0 Å². The number of ether oxygens (including phenoxy) is 1. The summed E-state index contributed by atoms with van der Waals surface area (Å²) in [6.07, 6.45) is 5.27. The molecule has 1 aliphatic rings. The number of amides is 1. The van der Waals surface area contributed by atoms with Crippen LogP contribution in [0, 0.1) is 0 Å². The zero-order valence-electron chi connectivity index (χ0n) is 10.5. The van der Waals surface area contributed by atoms with Crippen molar-refractivity contribution >= 4 is 6.09 Å². The maximum absolute atomic E-state index is 11.8. The highest BCUT2D eigenvalue weighted by Gasteiger charge is 2.34. The maximum atomic E-state index is 11.8. The smallest absolute Gasteiger partial charge is 0.412 e. The molecule has 1 aliphatic carbocycles. The Balaban J connectivity index is 2.73. The standard InChI is InChI=1S/C12H23NO3/c1-12(2,3)13(11(15)16-9-14)10-7-5-4-6-8-10/h10,14H,4-9H2,1-3H3. The highest BCUT2D eigenvalue weighted by atomic mass is 16.6. The van der Waals surface area contributed by atoms with Crippen molar-refractivity contribution in [2.75, 3.05) is 6.79 Å². The fourth-order valence-corrected chi connectivity index (χ4v) is 2.43. The first-order valence-electron chi connectivity index (χ1n) is 6.04. The monoisotopic (exact) mass is 229 g/mol. The SMILES string of the molecule is CC(C)(C)N(C(=O)OCO)C1CCCCC1. The Bertz CT molecular complexity index is 229. The summed E-state index contributed by atoms with van der Waals surface area (Å²) in [7, 11) is 0. The largest absolute Gasteiger partial charge is 0.422 e. The lowest BCUT2D eigenvalue weighted by Crippen LogP contribution is -2.52. The lowest BCUT2D eigenvalue weighted by atomic mass is 9.91. The van der Waals surface area contributed by atoms with E-state index in [1.165, 1.54) is 19.3 Å². The van der Waals surface area contributed by atoms with Gasteiger partial charge in [0.05, 0.1) is 0 Å². The van der Waals surface area contributed by atoms with Gasteiger partial charge in [-0.25, -0.2) is 4.79 Å². The predicted octanol–water partition coefficient (Wildman–Crippen LogP) is 2.51. The van der Waals surface area contributed by atoms with E-state index >= 15 is 0 Å². The summed E-state index contributed by atoms with van der Waals surface area (Å²) < 4.78 is 4.73. The van der Waals surface area contributed by atoms with Crippen molar-refractivity contribution in [1.82, 2.24) is 4.90 Å². The fourth-order valence-electron chi connectivity index (χ4n) is 2.43. The first kappa shape index (κ1) is 13.3. The van der Waals surface area contributed by atoms with E-state index in [9.17, 15) is 4.79 Å². The van der Waals surface area contributed by atoms with Gasteiger partial charge in [-0.05, 0) is 33.6 Å². The second-order valence-corrected chi connectivity index (χ2v) is 5.37. The predicted molar refractivity (Wildman–Crippen MR) is 62.0 cm³/mol. The summed E-state index contributed by atoms with van der Waals surface area (Å²) in [5, 5.41) is 8.68. The van der Waals surface area contributed by atoms with E-state index < -0.39 is 12.9 Å². The van der Waals surface area contributed by atoms with Gasteiger partial charge in [0, 0.05) is 11.6 Å². The highest BCUT2D eigenvalue weighted by molar-refractivity contribution is 5.69. The number of nitrogens with zero attached hydrogens (tertiary/aromatic N) is 1. The van der Waals surface area contributed by atoms with E-state index in [2.05, 4.69) is 0 Å². The van der Waals surface area contributed by atoms with Crippen LogP contribution in [0.5, 0.6) is 0 Å². The molecule has 16 heavy (non-hydrogen) atoms. The number of hydrogen-bond donors (Lipinski definition) is 1. The molecule has 4 heteroatoms. The molecule has 0 aromatic heterocycles. The third-order valence-electron chi connectivity index (χ3n) is 3.05. The number of rotatable bonds is 2. The van der Waals surface area contributed by atoms with Gasteiger partial charge < -0.3 is 14.7 Å². The Morgan fingerprint density at radius 2 is 1.88 bits per heavy atom. The summed E-state index contributed by atoms with van der Waals surface area (Å²) >= 11 is 0. The zero-order valence-corrected chi connectivity index (χ0v) is 10.5. The van der Waals surface area contributed by atoms with Gasteiger partial charge in [-0.2, -0.15) is 0 Å². The molecule has 0 aliphatic heterocycles. The van der Waals surface area contributed by atoms with E-state index in [4.69, 9.17) is 9.84 Å². The van der Waals surface area contributed by atoms with Crippen molar-refractivity contribution in [3.05, 3.63) is 0 Å². The summed E-state index contributed by atoms with van der Waals surface area (Å²) in [5.41, 5.74) is -0.256. The minimum atomic E-state index is -0.544. The molecule has 0 aromatic carbocycles. The number of carbonyl (C=O) groups is 1. The van der Waals surface area contributed by atoms with E-state index in [0.717, 1.165) is 12.8 Å². The highest BCUT2D eigenvalue weighted by Crippen LogP contribution is 2.28. The van der Waals surface area contributed by atoms with Gasteiger partial charge in [0.25, 0.3) is 0 Å². The Hall–Kier alpha value is -0.770. The molecular formula is C12H23NO3. The first-order chi connectivity index (χ1) is 7.46. The Labute approximate surface area is 97.6 Å². The third kappa shape index (κ3) is 3.37. The third-order valence-corrected chi connectivity index (χ3v) is 3.05. The minimum Gasteiger partial charge on any atom is -0.422 e. The van der Waals surface area contributed by atoms with Crippen LogP contribution in [0.3, 0.4) is 0 Å². The van der Waals surface area contributed by atoms with Gasteiger partial charge in [0.1, 0.15) is 0 Å². The van der Waals surface area contributed by atoms with Crippen LogP contribution in [0.25, 0.3) is 0 Å². The molecular weight excluding hydrogens is 206 g/mol. The van der Waals surface area contributed by atoms with Gasteiger partial charge >= 0.3 is 6.09 Å². The summed E-state index contributed by atoms with van der Waals surface area (Å²) in [5.74, 6) is 0. The molecule has 0 atom stereocenters. The quantitative estimate of drug-likeness (QED) is 0.740. The minimum absolute atomic E-state index is 0.256. The first-order valence-corrected chi connectivity index (χ1v) is 6.04. The fraction of sp³-hybridized carbons (Fsp3) is 0.917. The molecule has 1 fully saturated rings. The van der Waals surface area contributed by atoms with Crippen LogP contribution < -0.4 is 0 Å². The van der Waals surface area contributed by atoms with Gasteiger partial charge in [-0.15, -0.1) is 0 Å². The number of aliphatic hydroxyl groups is 1. The Kier molecular flexibility index (Phi) is 4.59. The lowest BCUT2D eigenvalue weighted by Gasteiger charge is -2.42. The Morgan fingerprint density at radius 1 is 1.31 bits per heavy atom. The summed E-state index contributed by atoms with van der Waals surface area (Å²) in [6.45, 7) is 5.46. The van der Waals surface area contributed by atoms with E-state index in [1.807, 2.05) is 20.8 Å².